The van der Waals surface area contributed by atoms with E-state index in [0.29, 0.717) is 18.7 Å². The predicted octanol–water partition coefficient (Wildman–Crippen LogP) is 3.92. The zero-order valence-electron chi connectivity index (χ0n) is 17.8. The molecule has 8 heteroatoms. The molecule has 1 saturated carbocycles. The first-order valence-corrected chi connectivity index (χ1v) is 12.1. The fraction of sp³-hybridized carbons (Fsp3) is 0.375. The molecule has 2 fully saturated rings. The first-order chi connectivity index (χ1) is 15.7. The Labute approximate surface area is 191 Å². The van der Waals surface area contributed by atoms with Crippen molar-refractivity contribution in [2.75, 3.05) is 5.32 Å². The van der Waals surface area contributed by atoms with E-state index in [-0.39, 0.29) is 23.8 Å². The fourth-order valence-corrected chi connectivity index (χ4v) is 5.28. The summed E-state index contributed by atoms with van der Waals surface area (Å²) in [4.78, 5) is 26.5. The van der Waals surface area contributed by atoms with Gasteiger partial charge in [-0.05, 0) is 36.3 Å². The number of nitrogens with one attached hydrogen (secondary N) is 3. The SMILES string of the molecule is O=C(CCc1ccccc1)Nc1cc(-c2cccs2)nn1C1NC(=O)C2CCCCC2N1. The molecule has 3 aromatic rings. The van der Waals surface area contributed by atoms with Gasteiger partial charge in [0.2, 0.25) is 11.8 Å². The van der Waals surface area contributed by atoms with Crippen molar-refractivity contribution in [1.29, 1.82) is 0 Å². The Bertz CT molecular complexity index is 1080. The van der Waals surface area contributed by atoms with Gasteiger partial charge < -0.3 is 10.6 Å². The van der Waals surface area contributed by atoms with Gasteiger partial charge in [-0.15, -0.1) is 11.3 Å². The molecule has 0 radical (unpaired) electrons. The fourth-order valence-electron chi connectivity index (χ4n) is 4.60. The van der Waals surface area contributed by atoms with Gasteiger partial charge in [0.05, 0.1) is 10.8 Å². The number of carbonyl (C=O) groups is 2. The van der Waals surface area contributed by atoms with Crippen LogP contribution in [-0.4, -0.2) is 27.6 Å². The number of fused-ring (bicyclic) bond motifs is 1. The Morgan fingerprint density at radius 3 is 2.81 bits per heavy atom. The van der Waals surface area contributed by atoms with Crippen LogP contribution in [0.2, 0.25) is 0 Å². The maximum absolute atomic E-state index is 12.8. The molecule has 3 heterocycles. The number of thiophene rings is 1. The minimum atomic E-state index is -0.486. The Morgan fingerprint density at radius 1 is 1.16 bits per heavy atom. The van der Waals surface area contributed by atoms with Crippen molar-refractivity contribution in [3.05, 3.63) is 59.5 Å². The smallest absolute Gasteiger partial charge is 0.227 e. The molecule has 1 aromatic carbocycles. The van der Waals surface area contributed by atoms with Crippen LogP contribution in [0.1, 0.15) is 44.0 Å². The third-order valence-electron chi connectivity index (χ3n) is 6.26. The molecule has 0 bridgehead atoms. The molecule has 2 aromatic heterocycles. The lowest BCUT2D eigenvalue weighted by atomic mass is 9.83. The molecule has 3 atom stereocenters. The highest BCUT2D eigenvalue weighted by Crippen LogP contribution is 2.32. The molecule has 1 aliphatic heterocycles. The molecule has 32 heavy (non-hydrogen) atoms. The van der Waals surface area contributed by atoms with Gasteiger partial charge in [0.1, 0.15) is 11.5 Å². The van der Waals surface area contributed by atoms with Crippen molar-refractivity contribution in [3.8, 4) is 10.6 Å². The molecule has 166 valence electrons. The van der Waals surface area contributed by atoms with Crippen LogP contribution < -0.4 is 16.0 Å². The van der Waals surface area contributed by atoms with Gasteiger partial charge in [0, 0.05) is 18.5 Å². The maximum Gasteiger partial charge on any atom is 0.227 e. The lowest BCUT2D eigenvalue weighted by molar-refractivity contribution is -0.132. The quantitative estimate of drug-likeness (QED) is 0.532. The van der Waals surface area contributed by atoms with E-state index < -0.39 is 6.29 Å². The second-order valence-electron chi connectivity index (χ2n) is 8.45. The topological polar surface area (TPSA) is 88.1 Å². The number of carbonyl (C=O) groups excluding carboxylic acids is 2. The molecule has 0 spiro atoms. The highest BCUT2D eigenvalue weighted by molar-refractivity contribution is 7.13. The van der Waals surface area contributed by atoms with Crippen LogP contribution in [0.15, 0.2) is 53.9 Å². The zero-order chi connectivity index (χ0) is 21.9. The van der Waals surface area contributed by atoms with E-state index >= 15 is 0 Å². The summed E-state index contributed by atoms with van der Waals surface area (Å²) in [6.45, 7) is 0. The van der Waals surface area contributed by atoms with Gasteiger partial charge >= 0.3 is 0 Å². The second kappa shape index (κ2) is 9.26. The molecule has 1 aliphatic carbocycles. The minimum Gasteiger partial charge on any atom is -0.322 e. The molecular formula is C24H27N5O2S. The molecule has 3 unspecified atom stereocenters. The van der Waals surface area contributed by atoms with Crippen molar-refractivity contribution in [2.45, 2.75) is 50.9 Å². The monoisotopic (exact) mass is 449 g/mol. The summed E-state index contributed by atoms with van der Waals surface area (Å²) >= 11 is 1.59. The van der Waals surface area contributed by atoms with E-state index in [2.05, 4.69) is 16.0 Å². The van der Waals surface area contributed by atoms with E-state index in [1.54, 1.807) is 16.0 Å². The van der Waals surface area contributed by atoms with Crippen LogP contribution in [-0.2, 0) is 16.0 Å². The zero-order valence-corrected chi connectivity index (χ0v) is 18.6. The van der Waals surface area contributed by atoms with Crippen molar-refractivity contribution in [3.63, 3.8) is 0 Å². The molecule has 2 amide bonds. The Kier molecular flexibility index (Phi) is 6.05. The Hall–Kier alpha value is -2.97. The summed E-state index contributed by atoms with van der Waals surface area (Å²) < 4.78 is 1.71. The van der Waals surface area contributed by atoms with Gasteiger partial charge in [-0.2, -0.15) is 5.10 Å². The number of amides is 2. The summed E-state index contributed by atoms with van der Waals surface area (Å²) in [6.07, 6.45) is 4.66. The normalized spacial score (nSPS) is 22.8. The Morgan fingerprint density at radius 2 is 2.00 bits per heavy atom. The average molecular weight is 450 g/mol. The summed E-state index contributed by atoms with van der Waals surface area (Å²) in [7, 11) is 0. The first-order valence-electron chi connectivity index (χ1n) is 11.2. The third-order valence-corrected chi connectivity index (χ3v) is 7.15. The number of rotatable bonds is 6. The van der Waals surface area contributed by atoms with E-state index in [4.69, 9.17) is 5.10 Å². The van der Waals surface area contributed by atoms with Gasteiger partial charge in [-0.25, -0.2) is 4.68 Å². The number of anilines is 1. The number of hydrogen-bond donors (Lipinski definition) is 3. The van der Waals surface area contributed by atoms with Crippen molar-refractivity contribution in [1.82, 2.24) is 20.4 Å². The van der Waals surface area contributed by atoms with E-state index in [0.717, 1.165) is 41.8 Å². The molecule has 5 rings (SSSR count). The van der Waals surface area contributed by atoms with Crippen molar-refractivity contribution in [2.24, 2.45) is 5.92 Å². The van der Waals surface area contributed by atoms with E-state index in [1.165, 1.54) is 0 Å². The number of aromatic nitrogens is 2. The van der Waals surface area contributed by atoms with Crippen molar-refractivity contribution < 1.29 is 9.59 Å². The lowest BCUT2D eigenvalue weighted by Gasteiger charge is -2.40. The predicted molar refractivity (Wildman–Crippen MR) is 125 cm³/mol. The van der Waals surface area contributed by atoms with E-state index in [9.17, 15) is 9.59 Å². The van der Waals surface area contributed by atoms with Crippen LogP contribution in [0.4, 0.5) is 5.82 Å². The molecule has 7 nitrogen and oxygen atoms in total. The number of hydrogen-bond acceptors (Lipinski definition) is 5. The number of benzene rings is 1. The average Bonchev–Trinajstić information content (AvgIpc) is 3.49. The summed E-state index contributed by atoms with van der Waals surface area (Å²) in [6, 6.07) is 16.0. The standard InChI is InChI=1S/C24H27N5O2S/c30-22(13-12-16-7-2-1-3-8-16)26-21-15-19(20-11-6-14-32-20)28-29(21)24-25-18-10-5-4-9-17(18)23(31)27-24/h1-3,6-8,11,14-15,17-18,24-25H,4-5,9-10,12-13H2,(H,26,30)(H,27,31). The van der Waals surface area contributed by atoms with Gasteiger partial charge in [0.15, 0.2) is 6.29 Å². The van der Waals surface area contributed by atoms with Gasteiger partial charge in [0.25, 0.3) is 0 Å². The van der Waals surface area contributed by atoms with Crippen LogP contribution in [0, 0.1) is 5.92 Å². The van der Waals surface area contributed by atoms with Crippen LogP contribution >= 0.6 is 11.3 Å². The van der Waals surface area contributed by atoms with E-state index in [1.807, 2.05) is 53.9 Å². The van der Waals surface area contributed by atoms with Gasteiger partial charge in [-0.1, -0.05) is 49.2 Å². The highest BCUT2D eigenvalue weighted by Gasteiger charge is 2.38. The lowest BCUT2D eigenvalue weighted by Crippen LogP contribution is -2.59. The molecule has 3 N–H and O–H groups in total. The Balaban J connectivity index is 1.36. The first kappa shape index (κ1) is 20.9. The summed E-state index contributed by atoms with van der Waals surface area (Å²) in [5, 5.41) is 16.4. The summed E-state index contributed by atoms with van der Waals surface area (Å²) in [5.74, 6) is 0.577. The minimum absolute atomic E-state index is 0.0104. The number of nitrogens with zero attached hydrogens (tertiary/aromatic N) is 2. The maximum atomic E-state index is 12.8. The largest absolute Gasteiger partial charge is 0.322 e. The van der Waals surface area contributed by atoms with Gasteiger partial charge in [-0.3, -0.25) is 14.9 Å². The van der Waals surface area contributed by atoms with Crippen molar-refractivity contribution >= 4 is 29.0 Å². The molecule has 2 aliphatic rings. The molecule has 1 saturated heterocycles. The van der Waals surface area contributed by atoms with Crippen LogP contribution in [0.5, 0.6) is 0 Å². The number of aryl methyl sites for hydroxylation is 1. The third kappa shape index (κ3) is 4.47. The van der Waals surface area contributed by atoms with Crippen LogP contribution in [0.3, 0.4) is 0 Å². The highest BCUT2D eigenvalue weighted by atomic mass is 32.1. The molecular weight excluding hydrogens is 422 g/mol. The summed E-state index contributed by atoms with van der Waals surface area (Å²) in [5.41, 5.74) is 1.90. The second-order valence-corrected chi connectivity index (χ2v) is 9.39. The van der Waals surface area contributed by atoms with Crippen LogP contribution in [0.25, 0.3) is 10.6 Å².